The summed E-state index contributed by atoms with van der Waals surface area (Å²) in [5.74, 6) is 0. The van der Waals surface area contributed by atoms with E-state index in [2.05, 4.69) is 27.7 Å². The van der Waals surface area contributed by atoms with Crippen LogP contribution in [0.4, 0.5) is 0 Å². The molecular weight excluding hydrogens is 339 g/mol. The molecule has 0 spiro atoms. The van der Waals surface area contributed by atoms with Crippen LogP contribution in [0.25, 0.3) is 10.9 Å². The summed E-state index contributed by atoms with van der Waals surface area (Å²) >= 11 is 2.22. The molecule has 90 valence electrons. The summed E-state index contributed by atoms with van der Waals surface area (Å²) in [4.78, 5) is 7.33. The first-order valence-electron chi connectivity index (χ1n) is 5.65. The van der Waals surface area contributed by atoms with Gasteiger partial charge in [-0.1, -0.05) is 47.3 Å². The molecule has 3 rings (SSSR count). The van der Waals surface area contributed by atoms with Crippen molar-refractivity contribution in [2.24, 2.45) is 0 Å². The maximum atomic E-state index is 5.73. The monoisotopic (exact) mass is 350 g/mol. The maximum Gasteiger partial charge on any atom is 0.142 e. The van der Waals surface area contributed by atoms with E-state index in [0.29, 0.717) is 6.61 Å². The summed E-state index contributed by atoms with van der Waals surface area (Å²) in [7, 11) is 0. The standard InChI is InChI=1S/C14H11IN2O/c15-14-12-8-4-5-9-13(12)17(16-14)18-10-11-6-2-1-3-7-11/h1-9H,10H2. The van der Waals surface area contributed by atoms with Crippen LogP contribution >= 0.6 is 22.6 Å². The molecule has 3 aromatic rings. The van der Waals surface area contributed by atoms with Crippen molar-refractivity contribution in [3.63, 3.8) is 0 Å². The Labute approximate surface area is 118 Å². The van der Waals surface area contributed by atoms with E-state index in [1.165, 1.54) is 0 Å². The fourth-order valence-corrected chi connectivity index (χ4v) is 2.46. The third-order valence-electron chi connectivity index (χ3n) is 2.71. The van der Waals surface area contributed by atoms with Crippen LogP contribution in [-0.2, 0) is 6.61 Å². The highest BCUT2D eigenvalue weighted by Gasteiger charge is 2.07. The van der Waals surface area contributed by atoms with E-state index >= 15 is 0 Å². The number of fused-ring (bicyclic) bond motifs is 1. The summed E-state index contributed by atoms with van der Waals surface area (Å²) in [6.07, 6.45) is 0. The van der Waals surface area contributed by atoms with E-state index in [1.54, 1.807) is 4.85 Å². The Bertz CT molecular complexity index is 664. The predicted molar refractivity (Wildman–Crippen MR) is 79.2 cm³/mol. The van der Waals surface area contributed by atoms with Gasteiger partial charge in [0.05, 0.1) is 0 Å². The van der Waals surface area contributed by atoms with Crippen LogP contribution in [0, 0.1) is 3.70 Å². The number of hydrogen-bond acceptors (Lipinski definition) is 2. The number of aromatic nitrogens is 2. The molecule has 0 bridgehead atoms. The molecule has 1 heterocycles. The van der Waals surface area contributed by atoms with E-state index in [1.807, 2.05) is 54.6 Å². The van der Waals surface area contributed by atoms with Gasteiger partial charge >= 0.3 is 0 Å². The fraction of sp³-hybridized carbons (Fsp3) is 0.0714. The topological polar surface area (TPSA) is 27.1 Å². The summed E-state index contributed by atoms with van der Waals surface area (Å²) in [5, 5.41) is 5.50. The van der Waals surface area contributed by atoms with Gasteiger partial charge < -0.3 is 4.84 Å². The fourth-order valence-electron chi connectivity index (χ4n) is 1.81. The molecule has 0 aliphatic rings. The van der Waals surface area contributed by atoms with Crippen LogP contribution in [0.2, 0.25) is 0 Å². The van der Waals surface area contributed by atoms with Gasteiger partial charge in [-0.3, -0.25) is 0 Å². The number of halogens is 1. The third kappa shape index (κ3) is 2.20. The first kappa shape index (κ1) is 11.5. The molecule has 1 aromatic heterocycles. The summed E-state index contributed by atoms with van der Waals surface area (Å²) < 4.78 is 0.955. The van der Waals surface area contributed by atoms with Crippen LogP contribution in [-0.4, -0.2) is 9.94 Å². The lowest BCUT2D eigenvalue weighted by Gasteiger charge is -2.05. The smallest absolute Gasteiger partial charge is 0.142 e. The van der Waals surface area contributed by atoms with Crippen LogP contribution in [0.15, 0.2) is 54.6 Å². The van der Waals surface area contributed by atoms with E-state index in [9.17, 15) is 0 Å². The van der Waals surface area contributed by atoms with Gasteiger partial charge in [-0.05, 0) is 40.3 Å². The second-order valence-electron chi connectivity index (χ2n) is 3.94. The van der Waals surface area contributed by atoms with E-state index in [0.717, 1.165) is 20.2 Å². The molecule has 0 aliphatic heterocycles. The van der Waals surface area contributed by atoms with Crippen molar-refractivity contribution in [2.45, 2.75) is 6.61 Å². The van der Waals surface area contributed by atoms with Gasteiger partial charge in [-0.15, -0.1) is 5.10 Å². The molecule has 0 saturated heterocycles. The molecule has 0 aliphatic carbocycles. The molecule has 0 saturated carbocycles. The zero-order valence-electron chi connectivity index (χ0n) is 9.58. The van der Waals surface area contributed by atoms with Crippen LogP contribution in [0.1, 0.15) is 5.56 Å². The van der Waals surface area contributed by atoms with Crippen molar-refractivity contribution in [1.29, 1.82) is 0 Å². The molecule has 3 nitrogen and oxygen atoms in total. The minimum atomic E-state index is 0.516. The quantitative estimate of drug-likeness (QED) is 0.678. The Balaban J connectivity index is 1.87. The molecule has 2 aromatic carbocycles. The van der Waals surface area contributed by atoms with Gasteiger partial charge in [-0.2, -0.15) is 0 Å². The van der Waals surface area contributed by atoms with Gasteiger partial charge in [0.2, 0.25) is 0 Å². The van der Waals surface area contributed by atoms with Gasteiger partial charge in [0.15, 0.2) is 0 Å². The molecule has 18 heavy (non-hydrogen) atoms. The Hall–Kier alpha value is -1.56. The molecule has 0 N–H and O–H groups in total. The maximum absolute atomic E-state index is 5.73. The average molecular weight is 350 g/mol. The minimum Gasteiger partial charge on any atom is -0.391 e. The SMILES string of the molecule is Ic1nn(OCc2ccccc2)c2ccccc12. The molecule has 0 amide bonds. The Morgan fingerprint density at radius 1 is 1.00 bits per heavy atom. The average Bonchev–Trinajstić information content (AvgIpc) is 2.75. The highest BCUT2D eigenvalue weighted by Crippen LogP contribution is 2.19. The van der Waals surface area contributed by atoms with Crippen molar-refractivity contribution in [1.82, 2.24) is 9.94 Å². The zero-order valence-corrected chi connectivity index (χ0v) is 11.7. The van der Waals surface area contributed by atoms with Gasteiger partial charge in [0.1, 0.15) is 15.8 Å². The number of nitrogens with zero attached hydrogens (tertiary/aromatic N) is 2. The Morgan fingerprint density at radius 2 is 1.72 bits per heavy atom. The van der Waals surface area contributed by atoms with Crippen molar-refractivity contribution >= 4 is 33.5 Å². The predicted octanol–water partition coefficient (Wildman–Crippen LogP) is 3.27. The van der Waals surface area contributed by atoms with Crippen LogP contribution in [0.5, 0.6) is 0 Å². The first-order valence-corrected chi connectivity index (χ1v) is 6.73. The number of rotatable bonds is 3. The van der Waals surface area contributed by atoms with Crippen molar-refractivity contribution in [3.8, 4) is 0 Å². The van der Waals surface area contributed by atoms with Gasteiger partial charge in [-0.25, -0.2) is 0 Å². The molecule has 0 radical (unpaired) electrons. The lowest BCUT2D eigenvalue weighted by molar-refractivity contribution is 0.0787. The van der Waals surface area contributed by atoms with Gasteiger partial charge in [0, 0.05) is 5.39 Å². The largest absolute Gasteiger partial charge is 0.391 e. The molecular formula is C14H11IN2O. The normalized spacial score (nSPS) is 10.7. The van der Waals surface area contributed by atoms with Crippen molar-refractivity contribution in [3.05, 3.63) is 63.9 Å². The van der Waals surface area contributed by atoms with Gasteiger partial charge in [0.25, 0.3) is 0 Å². The molecule has 0 fully saturated rings. The summed E-state index contributed by atoms with van der Waals surface area (Å²) in [6, 6.07) is 18.1. The lowest BCUT2D eigenvalue weighted by atomic mass is 10.2. The van der Waals surface area contributed by atoms with Crippen LogP contribution < -0.4 is 4.84 Å². The minimum absolute atomic E-state index is 0.516. The number of benzene rings is 2. The first-order chi connectivity index (χ1) is 8.84. The highest BCUT2D eigenvalue weighted by atomic mass is 127. The number of para-hydroxylation sites is 1. The van der Waals surface area contributed by atoms with E-state index < -0.39 is 0 Å². The molecule has 0 atom stereocenters. The Kier molecular flexibility index (Phi) is 3.19. The number of hydrogen-bond donors (Lipinski definition) is 0. The Morgan fingerprint density at radius 3 is 2.56 bits per heavy atom. The lowest BCUT2D eigenvalue weighted by Crippen LogP contribution is -2.12. The zero-order chi connectivity index (χ0) is 12.4. The summed E-state index contributed by atoms with van der Waals surface area (Å²) in [5.41, 5.74) is 2.13. The molecule has 4 heteroatoms. The highest BCUT2D eigenvalue weighted by molar-refractivity contribution is 14.1. The summed E-state index contributed by atoms with van der Waals surface area (Å²) in [6.45, 7) is 0.516. The van der Waals surface area contributed by atoms with Crippen molar-refractivity contribution < 1.29 is 4.84 Å². The third-order valence-corrected chi connectivity index (χ3v) is 3.50. The van der Waals surface area contributed by atoms with Crippen LogP contribution in [0.3, 0.4) is 0 Å². The van der Waals surface area contributed by atoms with E-state index in [4.69, 9.17) is 4.84 Å². The second kappa shape index (κ2) is 4.97. The van der Waals surface area contributed by atoms with E-state index in [-0.39, 0.29) is 0 Å². The second-order valence-corrected chi connectivity index (χ2v) is 4.96. The van der Waals surface area contributed by atoms with Crippen molar-refractivity contribution in [2.75, 3.05) is 0 Å². The molecule has 0 unspecified atom stereocenters.